The van der Waals surface area contributed by atoms with Gasteiger partial charge in [0.25, 0.3) is 10.0 Å². The van der Waals surface area contributed by atoms with Gasteiger partial charge in [-0.25, -0.2) is 8.42 Å². The maximum absolute atomic E-state index is 12.1. The van der Waals surface area contributed by atoms with E-state index in [0.717, 1.165) is 4.47 Å². The van der Waals surface area contributed by atoms with E-state index in [1.807, 2.05) is 0 Å². The molecule has 1 heterocycles. The van der Waals surface area contributed by atoms with Crippen molar-refractivity contribution in [3.05, 3.63) is 24.3 Å². The number of hydroxylamine groups is 1. The first-order valence-corrected chi connectivity index (χ1v) is 7.54. The van der Waals surface area contributed by atoms with Crippen molar-refractivity contribution in [1.82, 2.24) is 4.47 Å². The van der Waals surface area contributed by atoms with Crippen molar-refractivity contribution in [3.63, 3.8) is 0 Å². The summed E-state index contributed by atoms with van der Waals surface area (Å²) in [5.41, 5.74) is 0. The highest BCUT2D eigenvalue weighted by molar-refractivity contribution is 7.89. The number of benzene rings is 1. The molecule has 0 radical (unpaired) electrons. The first-order valence-electron chi connectivity index (χ1n) is 6.10. The van der Waals surface area contributed by atoms with Crippen LogP contribution in [0.5, 0.6) is 5.75 Å². The Morgan fingerprint density at radius 3 is 2.60 bits per heavy atom. The van der Waals surface area contributed by atoms with Crippen LogP contribution < -0.4 is 4.74 Å². The van der Waals surface area contributed by atoms with E-state index in [0.29, 0.717) is 25.3 Å². The summed E-state index contributed by atoms with van der Waals surface area (Å²) in [4.78, 5) is 15.5. The lowest BCUT2D eigenvalue weighted by Gasteiger charge is -2.14. The summed E-state index contributed by atoms with van der Waals surface area (Å²) in [6, 6.07) is 5.80. The minimum Gasteiger partial charge on any atom is -0.493 e. The third kappa shape index (κ3) is 3.47. The minimum atomic E-state index is -3.63. The van der Waals surface area contributed by atoms with Gasteiger partial charge in [-0.15, -0.1) is 0 Å². The lowest BCUT2D eigenvalue weighted by molar-refractivity contribution is -0.137. The van der Waals surface area contributed by atoms with Crippen molar-refractivity contribution in [2.75, 3.05) is 19.8 Å². The van der Waals surface area contributed by atoms with E-state index in [1.54, 1.807) is 0 Å². The smallest absolute Gasteiger partial charge is 0.306 e. The molecule has 0 spiro atoms. The van der Waals surface area contributed by atoms with Gasteiger partial charge >= 0.3 is 5.97 Å². The van der Waals surface area contributed by atoms with Gasteiger partial charge in [-0.1, -0.05) is 4.47 Å². The van der Waals surface area contributed by atoms with E-state index >= 15 is 0 Å². The van der Waals surface area contributed by atoms with Crippen molar-refractivity contribution in [2.45, 2.75) is 17.7 Å². The quantitative estimate of drug-likeness (QED) is 0.838. The normalized spacial score (nSPS) is 16.2. The van der Waals surface area contributed by atoms with Gasteiger partial charge in [0.2, 0.25) is 0 Å². The maximum atomic E-state index is 12.1. The van der Waals surface area contributed by atoms with E-state index in [9.17, 15) is 13.2 Å². The predicted molar refractivity (Wildman–Crippen MR) is 68.7 cm³/mol. The highest BCUT2D eigenvalue weighted by Gasteiger charge is 2.28. The van der Waals surface area contributed by atoms with Gasteiger partial charge in [-0.2, -0.15) is 0 Å². The summed E-state index contributed by atoms with van der Waals surface area (Å²) < 4.78 is 30.4. The third-order valence-electron chi connectivity index (χ3n) is 2.69. The monoisotopic (exact) mass is 301 g/mol. The standard InChI is InChI=1S/C12H15NO6S/c14-12(15)6-9-18-10-2-4-11(5-3-10)20(16,17)13-7-1-8-19-13/h2-5H,1,6-9H2,(H,14,15). The molecule has 0 aliphatic carbocycles. The van der Waals surface area contributed by atoms with Gasteiger partial charge in [0.05, 0.1) is 24.5 Å². The lowest BCUT2D eigenvalue weighted by atomic mass is 10.3. The number of sulfonamides is 1. The number of carboxylic acid groups (broad SMARTS) is 1. The molecule has 7 nitrogen and oxygen atoms in total. The van der Waals surface area contributed by atoms with Crippen LogP contribution >= 0.6 is 0 Å². The fourth-order valence-electron chi connectivity index (χ4n) is 1.70. The highest BCUT2D eigenvalue weighted by atomic mass is 32.2. The zero-order valence-electron chi connectivity index (χ0n) is 10.7. The van der Waals surface area contributed by atoms with Crippen molar-refractivity contribution in [2.24, 2.45) is 0 Å². The van der Waals surface area contributed by atoms with Crippen LogP contribution in [0.3, 0.4) is 0 Å². The number of rotatable bonds is 6. The molecule has 1 aromatic rings. The molecule has 20 heavy (non-hydrogen) atoms. The third-order valence-corrected chi connectivity index (χ3v) is 4.39. The average molecular weight is 301 g/mol. The minimum absolute atomic E-state index is 0.0384. The molecular weight excluding hydrogens is 286 g/mol. The number of ether oxygens (including phenoxy) is 1. The molecule has 0 atom stereocenters. The Bertz CT molecular complexity index is 562. The van der Waals surface area contributed by atoms with Crippen LogP contribution in [-0.4, -0.2) is 43.7 Å². The summed E-state index contributed by atoms with van der Waals surface area (Å²) in [5.74, 6) is -0.525. The summed E-state index contributed by atoms with van der Waals surface area (Å²) in [6.45, 7) is 0.783. The van der Waals surface area contributed by atoms with Gasteiger partial charge in [0, 0.05) is 6.54 Å². The molecule has 1 N–H and O–H groups in total. The van der Waals surface area contributed by atoms with Crippen molar-refractivity contribution in [3.8, 4) is 5.75 Å². The van der Waals surface area contributed by atoms with Crippen molar-refractivity contribution < 1.29 is 27.9 Å². The van der Waals surface area contributed by atoms with Crippen LogP contribution in [0.15, 0.2) is 29.2 Å². The number of hydrogen-bond acceptors (Lipinski definition) is 5. The molecule has 2 rings (SSSR count). The van der Waals surface area contributed by atoms with Crippen LogP contribution in [0.25, 0.3) is 0 Å². The molecule has 1 saturated heterocycles. The van der Waals surface area contributed by atoms with Crippen LogP contribution in [-0.2, 0) is 19.7 Å². The molecule has 1 aliphatic rings. The molecule has 0 amide bonds. The van der Waals surface area contributed by atoms with E-state index < -0.39 is 16.0 Å². The summed E-state index contributed by atoms with van der Waals surface area (Å²) in [5, 5.41) is 8.48. The van der Waals surface area contributed by atoms with Crippen molar-refractivity contribution >= 4 is 16.0 Å². The molecule has 1 fully saturated rings. The fraction of sp³-hybridized carbons (Fsp3) is 0.417. The maximum Gasteiger partial charge on any atom is 0.306 e. The van der Waals surface area contributed by atoms with E-state index in [2.05, 4.69) is 0 Å². The zero-order chi connectivity index (χ0) is 14.6. The first kappa shape index (κ1) is 14.8. The van der Waals surface area contributed by atoms with Crippen LogP contribution in [0.2, 0.25) is 0 Å². The van der Waals surface area contributed by atoms with Crippen LogP contribution in [0.4, 0.5) is 0 Å². The van der Waals surface area contributed by atoms with Gasteiger partial charge in [-0.3, -0.25) is 9.63 Å². The molecule has 0 saturated carbocycles. The Hall–Kier alpha value is -1.64. The van der Waals surface area contributed by atoms with E-state index in [4.69, 9.17) is 14.7 Å². The second-order valence-electron chi connectivity index (χ2n) is 4.18. The number of nitrogens with zero attached hydrogens (tertiary/aromatic N) is 1. The highest BCUT2D eigenvalue weighted by Crippen LogP contribution is 2.22. The second-order valence-corrected chi connectivity index (χ2v) is 6.01. The molecule has 8 heteroatoms. The molecule has 1 aromatic carbocycles. The Kier molecular flexibility index (Phi) is 4.58. The molecule has 0 bridgehead atoms. The summed E-state index contributed by atoms with van der Waals surface area (Å²) in [6.07, 6.45) is 0.567. The summed E-state index contributed by atoms with van der Waals surface area (Å²) >= 11 is 0. The molecule has 110 valence electrons. The lowest BCUT2D eigenvalue weighted by Crippen LogP contribution is -2.26. The average Bonchev–Trinajstić information content (AvgIpc) is 2.93. The number of aliphatic carboxylic acids is 1. The Labute approximate surface area is 116 Å². The van der Waals surface area contributed by atoms with Crippen LogP contribution in [0.1, 0.15) is 12.8 Å². The fourth-order valence-corrected chi connectivity index (χ4v) is 2.99. The number of carboxylic acids is 1. The van der Waals surface area contributed by atoms with Gasteiger partial charge in [0.15, 0.2) is 0 Å². The molecule has 1 aliphatic heterocycles. The largest absolute Gasteiger partial charge is 0.493 e. The second kappa shape index (κ2) is 6.21. The molecule has 0 unspecified atom stereocenters. The predicted octanol–water partition coefficient (Wildman–Crippen LogP) is 0.866. The molecular formula is C12H15NO6S. The Morgan fingerprint density at radius 2 is 2.05 bits per heavy atom. The molecule has 0 aromatic heterocycles. The van der Waals surface area contributed by atoms with Gasteiger partial charge < -0.3 is 9.84 Å². The van der Waals surface area contributed by atoms with Crippen LogP contribution in [0, 0.1) is 0 Å². The number of hydrogen-bond donors (Lipinski definition) is 1. The van der Waals surface area contributed by atoms with Gasteiger partial charge in [-0.05, 0) is 30.7 Å². The Morgan fingerprint density at radius 1 is 1.35 bits per heavy atom. The van der Waals surface area contributed by atoms with Gasteiger partial charge in [0.1, 0.15) is 5.75 Å². The first-order chi connectivity index (χ1) is 9.50. The van der Waals surface area contributed by atoms with E-state index in [1.165, 1.54) is 24.3 Å². The van der Waals surface area contributed by atoms with Crippen molar-refractivity contribution in [1.29, 1.82) is 0 Å². The topological polar surface area (TPSA) is 93.1 Å². The summed E-state index contributed by atoms with van der Waals surface area (Å²) in [7, 11) is -3.63. The Balaban J connectivity index is 2.02. The van der Waals surface area contributed by atoms with E-state index in [-0.39, 0.29) is 17.9 Å². The SMILES string of the molecule is O=C(O)CCOc1ccc(S(=O)(=O)N2CCCO2)cc1. The number of carbonyl (C=O) groups is 1. The zero-order valence-corrected chi connectivity index (χ0v) is 11.5.